The Labute approximate surface area is 149 Å². The number of hydrogen-bond donors (Lipinski definition) is 2. The number of rotatable bonds is 3. The molecule has 1 aromatic heterocycles. The lowest BCUT2D eigenvalue weighted by atomic mass is 10.1. The first-order valence-electron chi connectivity index (χ1n) is 9.46. The fourth-order valence-electron chi connectivity index (χ4n) is 4.24. The van der Waals surface area contributed by atoms with Crippen molar-refractivity contribution < 1.29 is 4.79 Å². The smallest absolute Gasteiger partial charge is 0.317 e. The minimum absolute atomic E-state index is 0.0729. The van der Waals surface area contributed by atoms with Gasteiger partial charge in [0.05, 0.1) is 0 Å². The van der Waals surface area contributed by atoms with Crippen LogP contribution < -0.4 is 5.32 Å². The minimum atomic E-state index is 0.0729. The third-order valence-corrected chi connectivity index (χ3v) is 5.92. The van der Waals surface area contributed by atoms with Gasteiger partial charge in [-0.3, -0.25) is 4.90 Å². The number of carbonyl (C=O) groups is 1. The van der Waals surface area contributed by atoms with Gasteiger partial charge in [0.2, 0.25) is 0 Å². The van der Waals surface area contributed by atoms with E-state index in [2.05, 4.69) is 47.2 Å². The molecule has 0 bridgehead atoms. The number of benzene rings is 1. The number of H-pyrrole nitrogens is 1. The molecule has 2 saturated heterocycles. The van der Waals surface area contributed by atoms with Crippen molar-refractivity contribution in [2.45, 2.75) is 45.7 Å². The second-order valence-corrected chi connectivity index (χ2v) is 7.55. The second-order valence-electron chi connectivity index (χ2n) is 7.55. The van der Waals surface area contributed by atoms with Gasteiger partial charge in [0.1, 0.15) is 0 Å². The maximum Gasteiger partial charge on any atom is 0.317 e. The predicted molar refractivity (Wildman–Crippen MR) is 101 cm³/mol. The number of urea groups is 1. The molecule has 0 aliphatic carbocycles. The Morgan fingerprint density at radius 2 is 2.04 bits per heavy atom. The Bertz CT molecular complexity index is 775. The van der Waals surface area contributed by atoms with E-state index in [-0.39, 0.29) is 6.03 Å². The maximum absolute atomic E-state index is 12.5. The quantitative estimate of drug-likeness (QED) is 0.902. The average Bonchev–Trinajstić information content (AvgIpc) is 3.34. The summed E-state index contributed by atoms with van der Waals surface area (Å²) in [6.07, 6.45) is 3.73. The fraction of sp³-hybridized carbons (Fsp3) is 0.550. The molecule has 5 heteroatoms. The zero-order valence-corrected chi connectivity index (χ0v) is 15.3. The van der Waals surface area contributed by atoms with Gasteiger partial charge in [-0.15, -0.1) is 0 Å². The van der Waals surface area contributed by atoms with Crippen LogP contribution in [0.2, 0.25) is 0 Å². The summed E-state index contributed by atoms with van der Waals surface area (Å²) < 4.78 is 0. The monoisotopic (exact) mass is 340 g/mol. The topological polar surface area (TPSA) is 51.4 Å². The molecule has 0 spiro atoms. The lowest BCUT2D eigenvalue weighted by Gasteiger charge is -2.23. The predicted octanol–water partition coefficient (Wildman–Crippen LogP) is 3.16. The normalized spacial score (nSPS) is 21.4. The second kappa shape index (κ2) is 6.71. The minimum Gasteiger partial charge on any atom is -0.358 e. The average molecular weight is 340 g/mol. The number of nitrogens with zero attached hydrogens (tertiary/aromatic N) is 2. The molecule has 1 atom stereocenters. The van der Waals surface area contributed by atoms with Gasteiger partial charge in [0.25, 0.3) is 0 Å². The van der Waals surface area contributed by atoms with Gasteiger partial charge >= 0.3 is 6.03 Å². The van der Waals surface area contributed by atoms with Crippen molar-refractivity contribution >= 4 is 16.9 Å². The zero-order valence-electron chi connectivity index (χ0n) is 15.3. The van der Waals surface area contributed by atoms with Crippen LogP contribution >= 0.6 is 0 Å². The molecule has 4 rings (SSSR count). The van der Waals surface area contributed by atoms with Crippen LogP contribution in [0.25, 0.3) is 10.9 Å². The Hall–Kier alpha value is -2.01. The SMILES string of the molecule is Cc1[nH]c2ccc(CNC(=O)N3CCC(N4CCCC4)C3)cc2c1C. The van der Waals surface area contributed by atoms with E-state index in [1.807, 2.05) is 4.90 Å². The molecule has 1 unspecified atom stereocenters. The van der Waals surface area contributed by atoms with Gasteiger partial charge in [-0.05, 0) is 69.5 Å². The van der Waals surface area contributed by atoms with Crippen LogP contribution in [0.4, 0.5) is 4.79 Å². The van der Waals surface area contributed by atoms with E-state index < -0.39 is 0 Å². The number of aromatic nitrogens is 1. The number of likely N-dealkylation sites (tertiary alicyclic amines) is 2. The maximum atomic E-state index is 12.5. The molecule has 0 radical (unpaired) electrons. The number of fused-ring (bicyclic) bond motifs is 1. The highest BCUT2D eigenvalue weighted by molar-refractivity contribution is 5.85. The summed E-state index contributed by atoms with van der Waals surface area (Å²) in [4.78, 5) is 20.4. The standard InChI is InChI=1S/C20H28N4O/c1-14-15(2)22-19-6-5-16(11-18(14)19)12-21-20(25)24-10-7-17(13-24)23-8-3-4-9-23/h5-6,11,17,22H,3-4,7-10,12-13H2,1-2H3,(H,21,25). The van der Waals surface area contributed by atoms with Crippen LogP contribution in [0.1, 0.15) is 36.1 Å². The molecule has 0 saturated carbocycles. The molecule has 3 heterocycles. The van der Waals surface area contributed by atoms with Crippen molar-refractivity contribution in [3.8, 4) is 0 Å². The molecular formula is C20H28N4O. The van der Waals surface area contributed by atoms with Gasteiger partial charge in [0, 0.05) is 42.3 Å². The van der Waals surface area contributed by atoms with Crippen molar-refractivity contribution in [1.82, 2.24) is 20.1 Å². The van der Waals surface area contributed by atoms with E-state index in [1.54, 1.807) is 0 Å². The highest BCUT2D eigenvalue weighted by Gasteiger charge is 2.31. The first-order chi connectivity index (χ1) is 12.1. The van der Waals surface area contributed by atoms with E-state index in [4.69, 9.17) is 0 Å². The van der Waals surface area contributed by atoms with Crippen molar-refractivity contribution in [2.75, 3.05) is 26.2 Å². The van der Waals surface area contributed by atoms with Crippen LogP contribution in [0.3, 0.4) is 0 Å². The van der Waals surface area contributed by atoms with Gasteiger partial charge in [-0.2, -0.15) is 0 Å². The molecule has 5 nitrogen and oxygen atoms in total. The summed E-state index contributed by atoms with van der Waals surface area (Å²) in [6.45, 7) is 8.98. The number of aromatic amines is 1. The van der Waals surface area contributed by atoms with Crippen LogP contribution in [0.5, 0.6) is 0 Å². The van der Waals surface area contributed by atoms with Crippen LogP contribution in [-0.2, 0) is 6.54 Å². The summed E-state index contributed by atoms with van der Waals surface area (Å²) in [5.41, 5.74) is 4.81. The van der Waals surface area contributed by atoms with E-state index in [0.717, 1.165) is 30.6 Å². The van der Waals surface area contributed by atoms with Gasteiger partial charge in [-0.25, -0.2) is 4.79 Å². The highest BCUT2D eigenvalue weighted by Crippen LogP contribution is 2.23. The number of carbonyl (C=O) groups excluding carboxylic acids is 1. The van der Waals surface area contributed by atoms with Gasteiger partial charge in [-0.1, -0.05) is 6.07 Å². The molecule has 2 aromatic rings. The zero-order chi connectivity index (χ0) is 17.4. The van der Waals surface area contributed by atoms with Crippen molar-refractivity contribution in [3.63, 3.8) is 0 Å². The molecule has 134 valence electrons. The fourth-order valence-corrected chi connectivity index (χ4v) is 4.24. The van der Waals surface area contributed by atoms with Crippen LogP contribution in [0, 0.1) is 13.8 Å². The largest absolute Gasteiger partial charge is 0.358 e. The summed E-state index contributed by atoms with van der Waals surface area (Å²) in [5.74, 6) is 0. The summed E-state index contributed by atoms with van der Waals surface area (Å²) >= 11 is 0. The lowest BCUT2D eigenvalue weighted by Crippen LogP contribution is -2.41. The number of amides is 2. The third-order valence-electron chi connectivity index (χ3n) is 5.92. The third kappa shape index (κ3) is 3.25. The summed E-state index contributed by atoms with van der Waals surface area (Å²) in [6, 6.07) is 7.02. The first-order valence-corrected chi connectivity index (χ1v) is 9.46. The molecule has 2 fully saturated rings. The Morgan fingerprint density at radius 3 is 2.84 bits per heavy atom. The molecule has 1 aromatic carbocycles. The molecule has 2 aliphatic heterocycles. The number of nitrogens with one attached hydrogen (secondary N) is 2. The van der Waals surface area contributed by atoms with Crippen molar-refractivity contribution in [3.05, 3.63) is 35.0 Å². The van der Waals surface area contributed by atoms with Crippen LogP contribution in [-0.4, -0.2) is 53.0 Å². The van der Waals surface area contributed by atoms with Gasteiger partial charge in [0.15, 0.2) is 0 Å². The first kappa shape index (κ1) is 16.5. The van der Waals surface area contributed by atoms with Gasteiger partial charge < -0.3 is 15.2 Å². The Kier molecular flexibility index (Phi) is 4.42. The molecule has 2 aliphatic rings. The molecular weight excluding hydrogens is 312 g/mol. The van der Waals surface area contributed by atoms with E-state index in [0.29, 0.717) is 12.6 Å². The van der Waals surface area contributed by atoms with Crippen molar-refractivity contribution in [2.24, 2.45) is 0 Å². The van der Waals surface area contributed by atoms with E-state index in [9.17, 15) is 4.79 Å². The summed E-state index contributed by atoms with van der Waals surface area (Å²) in [5, 5.41) is 4.35. The van der Waals surface area contributed by atoms with E-state index >= 15 is 0 Å². The Balaban J connectivity index is 1.35. The molecule has 2 amide bonds. The Morgan fingerprint density at radius 1 is 1.24 bits per heavy atom. The lowest BCUT2D eigenvalue weighted by molar-refractivity contribution is 0.198. The molecule has 2 N–H and O–H groups in total. The number of hydrogen-bond acceptors (Lipinski definition) is 2. The van der Waals surface area contributed by atoms with Crippen molar-refractivity contribution in [1.29, 1.82) is 0 Å². The molecule has 25 heavy (non-hydrogen) atoms. The number of aryl methyl sites for hydroxylation is 2. The summed E-state index contributed by atoms with van der Waals surface area (Å²) in [7, 11) is 0. The van der Waals surface area contributed by atoms with Crippen LogP contribution in [0.15, 0.2) is 18.2 Å². The highest BCUT2D eigenvalue weighted by atomic mass is 16.2. The van der Waals surface area contributed by atoms with E-state index in [1.165, 1.54) is 42.6 Å².